The van der Waals surface area contributed by atoms with E-state index >= 15 is 0 Å². The lowest BCUT2D eigenvalue weighted by Gasteiger charge is -2.27. The highest BCUT2D eigenvalue weighted by Gasteiger charge is 2.74. The quantitative estimate of drug-likeness (QED) is 0.392. The Labute approximate surface area is 202 Å². The van der Waals surface area contributed by atoms with Crippen molar-refractivity contribution < 1.29 is 37.1 Å². The van der Waals surface area contributed by atoms with Gasteiger partial charge < -0.3 is 4.74 Å². The molecule has 2 fully saturated rings. The molecule has 3 atom stereocenters. The van der Waals surface area contributed by atoms with Crippen molar-refractivity contribution in [2.24, 2.45) is 11.8 Å². The van der Waals surface area contributed by atoms with Crippen molar-refractivity contribution in [1.82, 2.24) is 0 Å². The highest BCUT2D eigenvalue weighted by molar-refractivity contribution is 6.37. The van der Waals surface area contributed by atoms with Crippen LogP contribution in [0.15, 0.2) is 78.9 Å². The molecule has 9 heteroatoms. The van der Waals surface area contributed by atoms with Crippen LogP contribution in [0, 0.1) is 11.8 Å². The third-order valence-corrected chi connectivity index (χ3v) is 7.08. The van der Waals surface area contributed by atoms with E-state index in [1.165, 1.54) is 18.2 Å². The molecule has 6 nitrogen and oxygen atoms in total. The van der Waals surface area contributed by atoms with Gasteiger partial charge in [-0.05, 0) is 23.8 Å². The van der Waals surface area contributed by atoms with Crippen LogP contribution in [0.3, 0.4) is 0 Å². The molecule has 0 radical (unpaired) electrons. The van der Waals surface area contributed by atoms with Crippen LogP contribution >= 0.6 is 0 Å². The molecule has 180 valence electrons. The van der Waals surface area contributed by atoms with Crippen LogP contribution < -0.4 is 4.90 Å². The van der Waals surface area contributed by atoms with E-state index < -0.39 is 58.7 Å². The molecule has 36 heavy (non-hydrogen) atoms. The van der Waals surface area contributed by atoms with Gasteiger partial charge in [0.15, 0.2) is 0 Å². The maximum Gasteiger partial charge on any atom is 0.416 e. The summed E-state index contributed by atoms with van der Waals surface area (Å²) >= 11 is 0. The number of anilines is 1. The molecule has 3 aromatic carbocycles. The van der Waals surface area contributed by atoms with E-state index in [2.05, 4.69) is 0 Å². The van der Waals surface area contributed by atoms with E-state index in [4.69, 9.17) is 4.74 Å². The number of hydrogen-bond donors (Lipinski definition) is 0. The first-order valence-corrected chi connectivity index (χ1v) is 11.1. The number of hydrogen-bond acceptors (Lipinski definition) is 5. The number of benzene rings is 3. The molecule has 0 N–H and O–H groups in total. The average Bonchev–Trinajstić information content (AvgIpc) is 3.44. The summed E-state index contributed by atoms with van der Waals surface area (Å²) in [6.07, 6.45) is -5.83. The summed E-state index contributed by atoms with van der Waals surface area (Å²) in [6.45, 7) is 0. The number of carbonyl (C=O) groups is 4. The van der Waals surface area contributed by atoms with E-state index in [0.29, 0.717) is 16.5 Å². The third kappa shape index (κ3) is 2.83. The van der Waals surface area contributed by atoms with Crippen molar-refractivity contribution in [3.05, 3.63) is 101 Å². The molecular weight excluding hydrogens is 475 g/mol. The summed E-state index contributed by atoms with van der Waals surface area (Å²) in [5, 5.41) is 0. The van der Waals surface area contributed by atoms with E-state index in [9.17, 15) is 32.3 Å². The Morgan fingerprint density at radius 1 is 0.750 bits per heavy atom. The first-order valence-electron chi connectivity index (χ1n) is 11.1. The van der Waals surface area contributed by atoms with Crippen LogP contribution in [-0.4, -0.2) is 29.0 Å². The fourth-order valence-corrected chi connectivity index (χ4v) is 5.54. The molecule has 6 rings (SSSR count). The summed E-state index contributed by atoms with van der Waals surface area (Å²) in [4.78, 5) is 55.4. The highest BCUT2D eigenvalue weighted by atomic mass is 19.4. The average molecular weight is 491 g/mol. The number of carbonyl (C=O) groups excluding carboxylic acids is 4. The molecule has 0 unspecified atom stereocenters. The maximum atomic E-state index is 13.8. The minimum Gasteiger partial charge on any atom is -0.349 e. The Bertz CT molecular complexity index is 1430. The number of imide groups is 1. The fraction of sp³-hybridized carbons (Fsp3) is 0.185. The number of Topliss-reactive ketones (excluding diaryl/α,β-unsaturated/α-hetero) is 2. The maximum absolute atomic E-state index is 13.8. The van der Waals surface area contributed by atoms with Crippen LogP contribution in [0.25, 0.3) is 0 Å². The Morgan fingerprint density at radius 2 is 1.36 bits per heavy atom. The molecule has 1 spiro atoms. The van der Waals surface area contributed by atoms with Crippen LogP contribution in [0.2, 0.25) is 0 Å². The Hall–Kier alpha value is -4.11. The van der Waals surface area contributed by atoms with Crippen molar-refractivity contribution in [3.8, 4) is 0 Å². The SMILES string of the molecule is O=C1[C@@H]2[C@@H](c3ccccc3)OC3(C(=O)c4ccccc4C3=O)[C@H]2C(=O)N1c1cccc(C(F)(F)F)c1. The zero-order valence-electron chi connectivity index (χ0n) is 18.4. The van der Waals surface area contributed by atoms with Crippen LogP contribution in [-0.2, 0) is 20.5 Å². The van der Waals surface area contributed by atoms with E-state index in [-0.39, 0.29) is 16.8 Å². The Morgan fingerprint density at radius 3 is 1.97 bits per heavy atom. The first-order chi connectivity index (χ1) is 17.2. The van der Waals surface area contributed by atoms with Gasteiger partial charge in [-0.3, -0.25) is 19.2 Å². The minimum atomic E-state index is -4.70. The highest BCUT2D eigenvalue weighted by Crippen LogP contribution is 2.57. The van der Waals surface area contributed by atoms with Gasteiger partial charge in [0.25, 0.3) is 0 Å². The lowest BCUT2D eigenvalue weighted by molar-refractivity contribution is -0.137. The van der Waals surface area contributed by atoms with Gasteiger partial charge in [-0.1, -0.05) is 60.7 Å². The fourth-order valence-electron chi connectivity index (χ4n) is 5.54. The lowest BCUT2D eigenvalue weighted by atomic mass is 9.77. The minimum absolute atomic E-state index is 0.0766. The molecule has 0 aromatic heterocycles. The second-order valence-electron chi connectivity index (χ2n) is 8.95. The van der Waals surface area contributed by atoms with Crippen LogP contribution in [0.4, 0.5) is 18.9 Å². The molecule has 3 aliphatic rings. The number of alkyl halides is 3. The first kappa shape index (κ1) is 22.4. The summed E-state index contributed by atoms with van der Waals surface area (Å²) < 4.78 is 46.2. The smallest absolute Gasteiger partial charge is 0.349 e. The van der Waals surface area contributed by atoms with Crippen molar-refractivity contribution in [2.75, 3.05) is 4.90 Å². The molecule has 2 amide bonds. The number of nitrogens with zero attached hydrogens (tertiary/aromatic N) is 1. The number of ether oxygens (including phenoxy) is 1. The topological polar surface area (TPSA) is 80.8 Å². The van der Waals surface area contributed by atoms with Gasteiger partial charge in [0, 0.05) is 11.1 Å². The monoisotopic (exact) mass is 491 g/mol. The molecule has 0 saturated carbocycles. The summed E-state index contributed by atoms with van der Waals surface area (Å²) in [7, 11) is 0. The predicted octanol–water partition coefficient (Wildman–Crippen LogP) is 4.40. The number of fused-ring (bicyclic) bond motifs is 3. The summed E-state index contributed by atoms with van der Waals surface area (Å²) in [6, 6.07) is 18.2. The summed E-state index contributed by atoms with van der Waals surface area (Å²) in [5.41, 5.74) is -2.98. The third-order valence-electron chi connectivity index (χ3n) is 7.08. The molecular formula is C27H16F3NO5. The number of rotatable bonds is 2. The van der Waals surface area contributed by atoms with Crippen molar-refractivity contribution >= 4 is 29.1 Å². The number of ketones is 2. The van der Waals surface area contributed by atoms with Gasteiger partial charge in [0.2, 0.25) is 29.0 Å². The van der Waals surface area contributed by atoms with E-state index in [1.807, 2.05) is 0 Å². The molecule has 2 heterocycles. The zero-order chi connectivity index (χ0) is 25.4. The molecule has 0 bridgehead atoms. The normalized spacial score (nSPS) is 24.5. The van der Waals surface area contributed by atoms with Gasteiger partial charge >= 0.3 is 6.18 Å². The van der Waals surface area contributed by atoms with Gasteiger partial charge in [-0.2, -0.15) is 13.2 Å². The van der Waals surface area contributed by atoms with E-state index in [0.717, 1.165) is 12.1 Å². The molecule has 2 aliphatic heterocycles. The van der Waals surface area contributed by atoms with Gasteiger partial charge in [0.05, 0.1) is 29.2 Å². The van der Waals surface area contributed by atoms with Gasteiger partial charge in [-0.25, -0.2) is 4.90 Å². The van der Waals surface area contributed by atoms with Crippen molar-refractivity contribution in [2.45, 2.75) is 17.9 Å². The standard InChI is InChI=1S/C27H16F3NO5/c28-27(29,30)15-9-6-10-16(13-15)31-24(34)19-20(25(31)35)26(36-21(19)14-7-2-1-3-8-14)22(32)17-11-4-5-12-18(17)23(26)33/h1-13,19-21H/t19-,20+,21+/m0/s1. The van der Waals surface area contributed by atoms with E-state index in [1.54, 1.807) is 42.5 Å². The lowest BCUT2D eigenvalue weighted by Crippen LogP contribution is -2.51. The number of amides is 2. The summed E-state index contributed by atoms with van der Waals surface area (Å²) in [5.74, 6) is -6.05. The van der Waals surface area contributed by atoms with Crippen LogP contribution in [0.5, 0.6) is 0 Å². The zero-order valence-corrected chi connectivity index (χ0v) is 18.4. The molecule has 1 aliphatic carbocycles. The second kappa shape index (κ2) is 7.44. The predicted molar refractivity (Wildman–Crippen MR) is 119 cm³/mol. The van der Waals surface area contributed by atoms with Crippen molar-refractivity contribution in [3.63, 3.8) is 0 Å². The van der Waals surface area contributed by atoms with Crippen molar-refractivity contribution in [1.29, 1.82) is 0 Å². The van der Waals surface area contributed by atoms with Gasteiger partial charge in [-0.15, -0.1) is 0 Å². The molecule has 2 saturated heterocycles. The largest absolute Gasteiger partial charge is 0.416 e. The second-order valence-corrected chi connectivity index (χ2v) is 8.95. The Kier molecular flexibility index (Phi) is 4.62. The Balaban J connectivity index is 1.53. The van der Waals surface area contributed by atoms with Crippen LogP contribution in [0.1, 0.15) is 37.9 Å². The molecule has 3 aromatic rings. The number of halogens is 3. The van der Waals surface area contributed by atoms with Gasteiger partial charge in [0.1, 0.15) is 0 Å².